The Kier molecular flexibility index (Phi) is 7.09. The molecular formula is C17H20ClFN4O2. The van der Waals surface area contributed by atoms with E-state index in [9.17, 15) is 9.18 Å². The number of carbonyl (C=O) groups excluding carboxylic acids is 1. The van der Waals surface area contributed by atoms with Gasteiger partial charge >= 0.3 is 0 Å². The van der Waals surface area contributed by atoms with Gasteiger partial charge in [-0.25, -0.2) is 9.37 Å². The Morgan fingerprint density at radius 2 is 2.20 bits per heavy atom. The van der Waals surface area contributed by atoms with Crippen molar-refractivity contribution in [1.29, 1.82) is 0 Å². The van der Waals surface area contributed by atoms with Crippen molar-refractivity contribution in [3.8, 4) is 11.6 Å². The van der Waals surface area contributed by atoms with Crippen LogP contribution in [0.25, 0.3) is 0 Å². The third-order valence-electron chi connectivity index (χ3n) is 3.60. The molecule has 25 heavy (non-hydrogen) atoms. The molecule has 0 bridgehead atoms. The summed E-state index contributed by atoms with van der Waals surface area (Å²) in [6, 6.07) is 2.92. The van der Waals surface area contributed by atoms with Gasteiger partial charge in [-0.3, -0.25) is 9.78 Å². The average molecular weight is 367 g/mol. The van der Waals surface area contributed by atoms with Gasteiger partial charge in [0.15, 0.2) is 11.6 Å². The van der Waals surface area contributed by atoms with Gasteiger partial charge in [-0.1, -0.05) is 24.6 Å². The van der Waals surface area contributed by atoms with Crippen LogP contribution >= 0.6 is 11.6 Å². The monoisotopic (exact) mass is 366 g/mol. The Hall–Kier alpha value is -2.25. The Morgan fingerprint density at radius 1 is 1.40 bits per heavy atom. The van der Waals surface area contributed by atoms with Gasteiger partial charge in [0.25, 0.3) is 0 Å². The zero-order valence-corrected chi connectivity index (χ0v) is 14.8. The van der Waals surface area contributed by atoms with Gasteiger partial charge in [0.05, 0.1) is 11.2 Å². The fourth-order valence-corrected chi connectivity index (χ4v) is 2.59. The molecule has 0 saturated carbocycles. The van der Waals surface area contributed by atoms with E-state index in [1.54, 1.807) is 12.1 Å². The number of rotatable bonds is 9. The summed E-state index contributed by atoms with van der Waals surface area (Å²) in [5, 5.41) is 6.03. The normalized spacial score (nSPS) is 13.1. The highest BCUT2D eigenvalue weighted by Crippen LogP contribution is 2.35. The summed E-state index contributed by atoms with van der Waals surface area (Å²) >= 11 is 6.09. The van der Waals surface area contributed by atoms with Crippen LogP contribution in [0.5, 0.6) is 11.6 Å². The fourth-order valence-electron chi connectivity index (χ4n) is 2.41. The molecule has 1 heterocycles. The summed E-state index contributed by atoms with van der Waals surface area (Å²) in [6.45, 7) is 4.29. The number of ether oxygens (including phenoxy) is 1. The van der Waals surface area contributed by atoms with Crippen molar-refractivity contribution in [2.24, 2.45) is 0 Å². The first-order valence-corrected chi connectivity index (χ1v) is 8.29. The molecule has 2 N–H and O–H groups in total. The smallest absolute Gasteiger partial charge is 0.238 e. The quantitative estimate of drug-likeness (QED) is 0.666. The van der Waals surface area contributed by atoms with Gasteiger partial charge in [-0.05, 0) is 19.4 Å². The summed E-state index contributed by atoms with van der Waals surface area (Å²) in [5.74, 6) is -0.475. The predicted octanol–water partition coefficient (Wildman–Crippen LogP) is 3.24. The molecule has 8 heteroatoms. The van der Waals surface area contributed by atoms with E-state index in [-0.39, 0.29) is 28.7 Å². The van der Waals surface area contributed by atoms with Gasteiger partial charge in [0.2, 0.25) is 12.3 Å². The largest absolute Gasteiger partial charge is 0.433 e. The molecule has 0 fully saturated rings. The van der Waals surface area contributed by atoms with Gasteiger partial charge in [-0.2, -0.15) is 0 Å². The molecule has 0 aliphatic rings. The second kappa shape index (κ2) is 9.29. The number of aromatic nitrogens is 2. The van der Waals surface area contributed by atoms with Crippen LogP contribution in [-0.4, -0.2) is 29.0 Å². The van der Waals surface area contributed by atoms with Crippen LogP contribution in [-0.2, 0) is 4.79 Å². The first-order chi connectivity index (χ1) is 12.1. The molecule has 0 saturated heterocycles. The van der Waals surface area contributed by atoms with Crippen molar-refractivity contribution in [3.63, 3.8) is 0 Å². The van der Waals surface area contributed by atoms with Crippen LogP contribution in [0.4, 0.5) is 4.39 Å². The van der Waals surface area contributed by atoms with E-state index >= 15 is 0 Å². The minimum Gasteiger partial charge on any atom is -0.433 e. The lowest BCUT2D eigenvalue weighted by molar-refractivity contribution is -0.109. The van der Waals surface area contributed by atoms with Crippen molar-refractivity contribution in [2.75, 3.05) is 6.54 Å². The molecule has 1 amide bonds. The van der Waals surface area contributed by atoms with Crippen LogP contribution in [0.15, 0.2) is 30.7 Å². The number of amides is 1. The maximum Gasteiger partial charge on any atom is 0.238 e. The van der Waals surface area contributed by atoms with Crippen LogP contribution in [0.1, 0.15) is 31.9 Å². The van der Waals surface area contributed by atoms with Crippen LogP contribution in [0.3, 0.4) is 0 Å². The second-order valence-corrected chi connectivity index (χ2v) is 5.89. The lowest BCUT2D eigenvalue weighted by atomic mass is 10.0. The maximum absolute atomic E-state index is 15.0. The number of hydrogen-bond acceptors (Lipinski definition) is 5. The molecule has 2 rings (SSSR count). The predicted molar refractivity (Wildman–Crippen MR) is 93.2 cm³/mol. The number of nitrogens with zero attached hydrogens (tertiary/aromatic N) is 2. The Morgan fingerprint density at radius 3 is 2.84 bits per heavy atom. The Bertz CT molecular complexity index is 703. The SMILES string of the molecule is CC[C@@H](N[C@H](C)CNC=O)c1ccc(Cl)c(Oc2cnccn2)c1F. The standard InChI is InChI=1S/C17H20ClFN4O2/c1-3-14(23-11(2)8-21-10-24)12-4-5-13(18)17(16(12)19)25-15-9-20-6-7-22-15/h4-7,9-11,14,23H,3,8H2,1-2H3,(H,21,24)/t11-,14-/m1/s1. The lowest BCUT2D eigenvalue weighted by Gasteiger charge is -2.23. The zero-order chi connectivity index (χ0) is 18.2. The van der Waals surface area contributed by atoms with E-state index in [4.69, 9.17) is 16.3 Å². The molecule has 0 aliphatic heterocycles. The summed E-state index contributed by atoms with van der Waals surface area (Å²) < 4.78 is 20.5. The summed E-state index contributed by atoms with van der Waals surface area (Å²) in [4.78, 5) is 18.3. The van der Waals surface area contributed by atoms with Gasteiger partial charge in [0.1, 0.15) is 0 Å². The van der Waals surface area contributed by atoms with E-state index < -0.39 is 5.82 Å². The van der Waals surface area contributed by atoms with Crippen LogP contribution in [0, 0.1) is 5.82 Å². The number of carbonyl (C=O) groups is 1. The highest BCUT2D eigenvalue weighted by atomic mass is 35.5. The molecule has 134 valence electrons. The Labute approximate surface area is 150 Å². The van der Waals surface area contributed by atoms with E-state index in [0.29, 0.717) is 24.9 Å². The summed E-state index contributed by atoms with van der Waals surface area (Å²) in [6.07, 6.45) is 5.60. The summed E-state index contributed by atoms with van der Waals surface area (Å²) in [5.41, 5.74) is 0.434. The molecule has 0 spiro atoms. The van der Waals surface area contributed by atoms with E-state index in [0.717, 1.165) is 0 Å². The van der Waals surface area contributed by atoms with E-state index in [1.807, 2.05) is 13.8 Å². The highest BCUT2D eigenvalue weighted by molar-refractivity contribution is 6.32. The van der Waals surface area contributed by atoms with Gasteiger partial charge in [0, 0.05) is 36.6 Å². The number of nitrogens with one attached hydrogen (secondary N) is 2. The first-order valence-electron chi connectivity index (χ1n) is 7.91. The molecule has 6 nitrogen and oxygen atoms in total. The third kappa shape index (κ3) is 5.11. The average Bonchev–Trinajstić information content (AvgIpc) is 2.63. The molecule has 2 aromatic rings. The molecule has 0 radical (unpaired) electrons. The first kappa shape index (κ1) is 19.1. The maximum atomic E-state index is 15.0. The molecular weight excluding hydrogens is 347 g/mol. The number of halogens is 2. The van der Waals surface area contributed by atoms with Crippen molar-refractivity contribution < 1.29 is 13.9 Å². The number of hydrogen-bond donors (Lipinski definition) is 2. The fraction of sp³-hybridized carbons (Fsp3) is 0.353. The Balaban J connectivity index is 2.25. The zero-order valence-electron chi connectivity index (χ0n) is 14.0. The van der Waals surface area contributed by atoms with E-state index in [1.165, 1.54) is 18.6 Å². The highest BCUT2D eigenvalue weighted by Gasteiger charge is 2.22. The van der Waals surface area contributed by atoms with Gasteiger partial charge < -0.3 is 15.4 Å². The minimum atomic E-state index is -0.548. The lowest BCUT2D eigenvalue weighted by Crippen LogP contribution is -2.38. The molecule has 1 aromatic heterocycles. The summed E-state index contributed by atoms with van der Waals surface area (Å²) in [7, 11) is 0. The molecule has 0 aliphatic carbocycles. The molecule has 2 atom stereocenters. The minimum absolute atomic E-state index is 0.0328. The van der Waals surface area contributed by atoms with Crippen molar-refractivity contribution in [2.45, 2.75) is 32.4 Å². The molecule has 1 aromatic carbocycles. The van der Waals surface area contributed by atoms with Gasteiger partial charge in [-0.15, -0.1) is 0 Å². The van der Waals surface area contributed by atoms with E-state index in [2.05, 4.69) is 20.6 Å². The topological polar surface area (TPSA) is 76.1 Å². The molecule has 0 unspecified atom stereocenters. The van der Waals surface area contributed by atoms with Crippen LogP contribution < -0.4 is 15.4 Å². The second-order valence-electron chi connectivity index (χ2n) is 5.48. The van der Waals surface area contributed by atoms with Crippen molar-refractivity contribution in [3.05, 3.63) is 47.1 Å². The van der Waals surface area contributed by atoms with Crippen LogP contribution in [0.2, 0.25) is 5.02 Å². The van der Waals surface area contributed by atoms with Crippen molar-refractivity contribution in [1.82, 2.24) is 20.6 Å². The third-order valence-corrected chi connectivity index (χ3v) is 3.90. The number of benzene rings is 1. The van der Waals surface area contributed by atoms with Crippen molar-refractivity contribution >= 4 is 18.0 Å².